The second-order valence-corrected chi connectivity index (χ2v) is 8.97. The van der Waals surface area contributed by atoms with E-state index in [9.17, 15) is 14.4 Å². The fraction of sp³-hybridized carbons (Fsp3) is 0.250. The predicted octanol–water partition coefficient (Wildman–Crippen LogP) is 4.73. The molecule has 0 radical (unpaired) electrons. The number of benzene rings is 3. The Bertz CT molecular complexity index is 1110. The molecule has 3 aromatic carbocycles. The average molecular weight is 444 g/mol. The van der Waals surface area contributed by atoms with Crippen molar-refractivity contribution < 1.29 is 19.1 Å². The standard InChI is InChI=1S/C28H29NO4/c1-28(2,3)23-16-14-22(15-17-23)26(31)29-24(27(32)33-4)18-19-10-12-21(13-11-19)25(30)20-8-6-5-7-9-20/h5-17,24H,18H2,1-4H3,(H,29,31)/t24-/m1/s1. The number of ketones is 1. The van der Waals surface area contributed by atoms with E-state index < -0.39 is 12.0 Å². The van der Waals surface area contributed by atoms with Gasteiger partial charge in [0.25, 0.3) is 5.91 Å². The lowest BCUT2D eigenvalue weighted by Crippen LogP contribution is -2.43. The van der Waals surface area contributed by atoms with Gasteiger partial charge in [0.2, 0.25) is 0 Å². The van der Waals surface area contributed by atoms with Crippen LogP contribution in [-0.2, 0) is 21.4 Å². The van der Waals surface area contributed by atoms with Crippen molar-refractivity contribution in [1.29, 1.82) is 0 Å². The molecule has 5 heteroatoms. The predicted molar refractivity (Wildman–Crippen MR) is 128 cm³/mol. The van der Waals surface area contributed by atoms with Gasteiger partial charge in [0.05, 0.1) is 7.11 Å². The van der Waals surface area contributed by atoms with Crippen LogP contribution >= 0.6 is 0 Å². The molecule has 0 saturated carbocycles. The van der Waals surface area contributed by atoms with Crippen molar-refractivity contribution in [1.82, 2.24) is 5.32 Å². The maximum absolute atomic E-state index is 12.8. The molecule has 1 atom stereocenters. The van der Waals surface area contributed by atoms with E-state index in [4.69, 9.17) is 4.74 Å². The van der Waals surface area contributed by atoms with Crippen LogP contribution in [0, 0.1) is 0 Å². The first-order chi connectivity index (χ1) is 15.7. The summed E-state index contributed by atoms with van der Waals surface area (Å²) in [5, 5.41) is 2.77. The first-order valence-corrected chi connectivity index (χ1v) is 10.9. The average Bonchev–Trinajstić information content (AvgIpc) is 2.83. The van der Waals surface area contributed by atoms with E-state index in [-0.39, 0.29) is 23.5 Å². The van der Waals surface area contributed by atoms with E-state index in [2.05, 4.69) is 26.1 Å². The van der Waals surface area contributed by atoms with Crippen LogP contribution in [0.4, 0.5) is 0 Å². The third-order valence-corrected chi connectivity index (χ3v) is 5.50. The van der Waals surface area contributed by atoms with Crippen molar-refractivity contribution in [3.05, 3.63) is 107 Å². The highest BCUT2D eigenvalue weighted by Gasteiger charge is 2.23. The third-order valence-electron chi connectivity index (χ3n) is 5.50. The summed E-state index contributed by atoms with van der Waals surface area (Å²) >= 11 is 0. The van der Waals surface area contributed by atoms with Crippen LogP contribution in [-0.4, -0.2) is 30.8 Å². The van der Waals surface area contributed by atoms with Gasteiger partial charge in [0.15, 0.2) is 5.78 Å². The minimum atomic E-state index is -0.847. The van der Waals surface area contributed by atoms with Gasteiger partial charge in [-0.3, -0.25) is 9.59 Å². The van der Waals surface area contributed by atoms with Gasteiger partial charge in [-0.2, -0.15) is 0 Å². The lowest BCUT2D eigenvalue weighted by molar-refractivity contribution is -0.142. The summed E-state index contributed by atoms with van der Waals surface area (Å²) in [5.41, 5.74) is 3.55. The maximum atomic E-state index is 12.8. The van der Waals surface area contributed by atoms with Gasteiger partial charge in [-0.05, 0) is 28.7 Å². The lowest BCUT2D eigenvalue weighted by Gasteiger charge is -2.20. The zero-order valence-electron chi connectivity index (χ0n) is 19.4. The Labute approximate surface area is 194 Å². The highest BCUT2D eigenvalue weighted by Crippen LogP contribution is 2.22. The molecule has 0 aliphatic heterocycles. The van der Waals surface area contributed by atoms with Crippen LogP contribution in [0.2, 0.25) is 0 Å². The summed E-state index contributed by atoms with van der Waals surface area (Å²) in [6.45, 7) is 6.32. The number of nitrogens with one attached hydrogen (secondary N) is 1. The van der Waals surface area contributed by atoms with Crippen LogP contribution in [0.15, 0.2) is 78.9 Å². The number of carbonyl (C=O) groups excluding carboxylic acids is 3. The molecule has 0 unspecified atom stereocenters. The lowest BCUT2D eigenvalue weighted by atomic mass is 9.86. The number of hydrogen-bond acceptors (Lipinski definition) is 4. The largest absolute Gasteiger partial charge is 0.467 e. The summed E-state index contributed by atoms with van der Waals surface area (Å²) in [4.78, 5) is 37.7. The van der Waals surface area contributed by atoms with Crippen molar-refractivity contribution in [2.45, 2.75) is 38.6 Å². The molecule has 0 bridgehead atoms. The fourth-order valence-corrected chi connectivity index (χ4v) is 3.48. The van der Waals surface area contributed by atoms with Gasteiger partial charge in [0, 0.05) is 23.1 Å². The molecular weight excluding hydrogens is 414 g/mol. The molecule has 0 spiro atoms. The van der Waals surface area contributed by atoms with Gasteiger partial charge in [-0.1, -0.05) is 87.5 Å². The van der Waals surface area contributed by atoms with Crippen molar-refractivity contribution in [3.63, 3.8) is 0 Å². The number of hydrogen-bond donors (Lipinski definition) is 1. The van der Waals surface area contributed by atoms with Crippen LogP contribution in [0.25, 0.3) is 0 Å². The third kappa shape index (κ3) is 6.16. The van der Waals surface area contributed by atoms with Gasteiger partial charge in [0.1, 0.15) is 6.04 Å². The Morgan fingerprint density at radius 1 is 0.788 bits per heavy atom. The number of carbonyl (C=O) groups is 3. The highest BCUT2D eigenvalue weighted by molar-refractivity contribution is 6.08. The Morgan fingerprint density at radius 2 is 1.33 bits per heavy atom. The molecule has 33 heavy (non-hydrogen) atoms. The SMILES string of the molecule is COC(=O)[C@@H](Cc1ccc(C(=O)c2ccccc2)cc1)NC(=O)c1ccc(C(C)(C)C)cc1. The molecule has 0 heterocycles. The summed E-state index contributed by atoms with van der Waals surface area (Å²) in [7, 11) is 1.29. The maximum Gasteiger partial charge on any atom is 0.328 e. The topological polar surface area (TPSA) is 72.5 Å². The molecule has 0 aliphatic carbocycles. The monoisotopic (exact) mass is 443 g/mol. The number of amides is 1. The van der Waals surface area contributed by atoms with Gasteiger partial charge >= 0.3 is 5.97 Å². The number of rotatable bonds is 7. The van der Waals surface area contributed by atoms with Crippen LogP contribution < -0.4 is 5.32 Å². The van der Waals surface area contributed by atoms with Gasteiger partial charge in [-0.15, -0.1) is 0 Å². The second-order valence-electron chi connectivity index (χ2n) is 8.97. The van der Waals surface area contributed by atoms with Crippen LogP contribution in [0.3, 0.4) is 0 Å². The fourth-order valence-electron chi connectivity index (χ4n) is 3.48. The normalized spacial score (nSPS) is 12.0. The molecule has 3 rings (SSSR count). The Hall–Kier alpha value is -3.73. The minimum Gasteiger partial charge on any atom is -0.467 e. The molecule has 0 aliphatic rings. The van der Waals surface area contributed by atoms with Crippen molar-refractivity contribution in [2.24, 2.45) is 0 Å². The van der Waals surface area contributed by atoms with Crippen molar-refractivity contribution in [2.75, 3.05) is 7.11 Å². The first kappa shape index (κ1) is 23.9. The van der Waals surface area contributed by atoms with Gasteiger partial charge in [-0.25, -0.2) is 4.79 Å². The number of esters is 1. The van der Waals surface area contributed by atoms with E-state index in [0.29, 0.717) is 16.7 Å². The molecule has 1 N–H and O–H groups in total. The van der Waals surface area contributed by atoms with Crippen molar-refractivity contribution >= 4 is 17.7 Å². The van der Waals surface area contributed by atoms with Crippen molar-refractivity contribution in [3.8, 4) is 0 Å². The quantitative estimate of drug-likeness (QED) is 0.423. The first-order valence-electron chi connectivity index (χ1n) is 10.9. The molecule has 0 aromatic heterocycles. The molecular formula is C28H29NO4. The van der Waals surface area contributed by atoms with Gasteiger partial charge < -0.3 is 10.1 Å². The van der Waals surface area contributed by atoms with E-state index >= 15 is 0 Å². The summed E-state index contributed by atoms with van der Waals surface area (Å²) in [6.07, 6.45) is 0.248. The van der Waals surface area contributed by atoms with Crippen LogP contribution in [0.5, 0.6) is 0 Å². The molecule has 0 fully saturated rings. The minimum absolute atomic E-state index is 0.0163. The highest BCUT2D eigenvalue weighted by atomic mass is 16.5. The van der Waals surface area contributed by atoms with E-state index in [1.807, 2.05) is 30.3 Å². The Morgan fingerprint density at radius 3 is 1.88 bits per heavy atom. The Balaban J connectivity index is 1.71. The second kappa shape index (κ2) is 10.3. The van der Waals surface area contributed by atoms with Crippen LogP contribution in [0.1, 0.15) is 58.2 Å². The molecule has 1 amide bonds. The zero-order valence-corrected chi connectivity index (χ0v) is 19.4. The van der Waals surface area contributed by atoms with E-state index in [1.165, 1.54) is 7.11 Å². The molecule has 170 valence electrons. The number of methoxy groups -OCH3 is 1. The summed E-state index contributed by atoms with van der Waals surface area (Å²) in [6, 6.07) is 22.6. The molecule has 3 aromatic rings. The van der Waals surface area contributed by atoms with E-state index in [0.717, 1.165) is 11.1 Å². The number of ether oxygens (including phenoxy) is 1. The zero-order chi connectivity index (χ0) is 24.0. The Kier molecular flexibility index (Phi) is 7.44. The van der Waals surface area contributed by atoms with E-state index in [1.54, 1.807) is 48.5 Å². The molecule has 0 saturated heterocycles. The summed E-state index contributed by atoms with van der Waals surface area (Å²) < 4.78 is 4.90. The molecule has 5 nitrogen and oxygen atoms in total. The smallest absolute Gasteiger partial charge is 0.328 e. The summed E-state index contributed by atoms with van der Waals surface area (Å²) in [5.74, 6) is -0.945.